The van der Waals surface area contributed by atoms with Crippen LogP contribution in [0.5, 0.6) is 0 Å². The van der Waals surface area contributed by atoms with Gasteiger partial charge in [-0.25, -0.2) is 8.42 Å². The SMILES string of the molecule is CS(=O)(=O)CC(=O)NCc1ccc(C#CCCO)s1. The number of nitrogens with one attached hydrogen (secondary N) is 1. The maximum atomic E-state index is 11.3. The average molecular weight is 301 g/mol. The molecule has 0 saturated heterocycles. The molecule has 0 unspecified atom stereocenters. The van der Waals surface area contributed by atoms with Gasteiger partial charge in [0, 0.05) is 17.6 Å². The van der Waals surface area contributed by atoms with Crippen molar-refractivity contribution in [2.24, 2.45) is 0 Å². The number of amides is 1. The first-order valence-electron chi connectivity index (χ1n) is 5.53. The van der Waals surface area contributed by atoms with E-state index in [1.54, 1.807) is 0 Å². The molecule has 0 fully saturated rings. The molecule has 1 heterocycles. The average Bonchev–Trinajstić information content (AvgIpc) is 2.72. The van der Waals surface area contributed by atoms with Gasteiger partial charge in [0.15, 0.2) is 9.84 Å². The van der Waals surface area contributed by atoms with Gasteiger partial charge >= 0.3 is 0 Å². The van der Waals surface area contributed by atoms with Crippen molar-refractivity contribution in [2.75, 3.05) is 18.6 Å². The van der Waals surface area contributed by atoms with E-state index in [1.807, 2.05) is 12.1 Å². The molecule has 0 aliphatic carbocycles. The maximum absolute atomic E-state index is 11.3. The highest BCUT2D eigenvalue weighted by molar-refractivity contribution is 7.91. The van der Waals surface area contributed by atoms with Crippen LogP contribution in [0.2, 0.25) is 0 Å². The van der Waals surface area contributed by atoms with Crippen molar-refractivity contribution in [3.05, 3.63) is 21.9 Å². The summed E-state index contributed by atoms with van der Waals surface area (Å²) in [5, 5.41) is 11.1. The van der Waals surface area contributed by atoms with Crippen LogP contribution in [-0.4, -0.2) is 38.0 Å². The summed E-state index contributed by atoms with van der Waals surface area (Å²) in [6, 6.07) is 3.65. The van der Waals surface area contributed by atoms with Crippen LogP contribution >= 0.6 is 11.3 Å². The number of sulfone groups is 1. The third-order valence-electron chi connectivity index (χ3n) is 1.96. The monoisotopic (exact) mass is 301 g/mol. The lowest BCUT2D eigenvalue weighted by Crippen LogP contribution is -2.29. The molecule has 19 heavy (non-hydrogen) atoms. The highest BCUT2D eigenvalue weighted by Crippen LogP contribution is 2.15. The molecule has 0 radical (unpaired) electrons. The fourth-order valence-corrected chi connectivity index (χ4v) is 2.62. The highest BCUT2D eigenvalue weighted by atomic mass is 32.2. The Labute approximate surface area is 116 Å². The Bertz CT molecular complexity index is 593. The van der Waals surface area contributed by atoms with Gasteiger partial charge in [0.2, 0.25) is 5.91 Å². The van der Waals surface area contributed by atoms with E-state index in [4.69, 9.17) is 5.11 Å². The van der Waals surface area contributed by atoms with E-state index in [0.717, 1.165) is 16.0 Å². The highest BCUT2D eigenvalue weighted by Gasteiger charge is 2.10. The van der Waals surface area contributed by atoms with Gasteiger partial charge in [0.05, 0.1) is 18.0 Å². The first kappa shape index (κ1) is 15.7. The molecule has 0 saturated carbocycles. The summed E-state index contributed by atoms with van der Waals surface area (Å²) in [6.45, 7) is 0.327. The molecule has 1 aromatic heterocycles. The summed E-state index contributed by atoms with van der Waals surface area (Å²) in [5.41, 5.74) is 0. The summed E-state index contributed by atoms with van der Waals surface area (Å²) < 4.78 is 21.8. The Morgan fingerprint density at radius 2 is 2.21 bits per heavy atom. The summed E-state index contributed by atoms with van der Waals surface area (Å²) in [7, 11) is -3.29. The Balaban J connectivity index is 2.47. The number of aliphatic hydroxyl groups is 1. The van der Waals surface area contributed by atoms with Crippen LogP contribution < -0.4 is 5.32 Å². The van der Waals surface area contributed by atoms with E-state index in [1.165, 1.54) is 11.3 Å². The minimum Gasteiger partial charge on any atom is -0.395 e. The maximum Gasteiger partial charge on any atom is 0.235 e. The number of aliphatic hydroxyl groups excluding tert-OH is 1. The summed E-state index contributed by atoms with van der Waals surface area (Å²) in [6.07, 6.45) is 1.45. The third-order valence-corrected chi connectivity index (χ3v) is 3.75. The molecule has 1 aromatic rings. The number of rotatable bonds is 5. The molecule has 7 heteroatoms. The van der Waals surface area contributed by atoms with E-state index >= 15 is 0 Å². The second-order valence-corrected chi connectivity index (χ2v) is 7.20. The summed E-state index contributed by atoms with van der Waals surface area (Å²) in [4.78, 5) is 13.1. The standard InChI is InChI=1S/C12H15NO4S2/c1-19(16,17)9-12(15)13-8-11-6-5-10(18-11)4-2-3-7-14/h5-6,14H,3,7-9H2,1H3,(H,13,15). The first-order valence-corrected chi connectivity index (χ1v) is 8.41. The van der Waals surface area contributed by atoms with Gasteiger partial charge < -0.3 is 10.4 Å². The van der Waals surface area contributed by atoms with Crippen LogP contribution in [0.25, 0.3) is 0 Å². The molecule has 1 rings (SSSR count). The minimum atomic E-state index is -3.29. The number of carbonyl (C=O) groups is 1. The van der Waals surface area contributed by atoms with E-state index in [0.29, 0.717) is 13.0 Å². The van der Waals surface area contributed by atoms with E-state index in [2.05, 4.69) is 17.2 Å². The molecule has 5 nitrogen and oxygen atoms in total. The molecular formula is C12H15NO4S2. The van der Waals surface area contributed by atoms with Gasteiger partial charge in [-0.3, -0.25) is 4.79 Å². The van der Waals surface area contributed by atoms with Crippen LogP contribution in [0.3, 0.4) is 0 Å². The van der Waals surface area contributed by atoms with Crippen LogP contribution in [0.15, 0.2) is 12.1 Å². The zero-order valence-corrected chi connectivity index (χ0v) is 12.1. The minimum absolute atomic E-state index is 0.0345. The van der Waals surface area contributed by atoms with Crippen molar-refractivity contribution < 1.29 is 18.3 Å². The molecule has 0 aliphatic rings. The zero-order chi connectivity index (χ0) is 14.3. The first-order chi connectivity index (χ1) is 8.90. The predicted octanol–water partition coefficient (Wildman–Crippen LogP) is 0.143. The third kappa shape index (κ3) is 6.96. The molecule has 0 aliphatic heterocycles. The summed E-state index contributed by atoms with van der Waals surface area (Å²) >= 11 is 1.42. The molecule has 0 atom stereocenters. The Morgan fingerprint density at radius 3 is 2.84 bits per heavy atom. The van der Waals surface area contributed by atoms with Crippen molar-refractivity contribution in [3.8, 4) is 11.8 Å². The number of thiophene rings is 1. The lowest BCUT2D eigenvalue weighted by molar-refractivity contribution is -0.118. The zero-order valence-electron chi connectivity index (χ0n) is 10.5. The molecule has 2 N–H and O–H groups in total. The largest absolute Gasteiger partial charge is 0.395 e. The van der Waals surface area contributed by atoms with Crippen LogP contribution in [-0.2, 0) is 21.2 Å². The fourth-order valence-electron chi connectivity index (χ4n) is 1.22. The van der Waals surface area contributed by atoms with Gasteiger partial charge in [-0.2, -0.15) is 0 Å². The molecule has 0 aromatic carbocycles. The van der Waals surface area contributed by atoms with Crippen molar-refractivity contribution in [1.29, 1.82) is 0 Å². The van der Waals surface area contributed by atoms with Crippen LogP contribution in [0.4, 0.5) is 0 Å². The van der Waals surface area contributed by atoms with Gasteiger partial charge in [-0.1, -0.05) is 11.8 Å². The Hall–Kier alpha value is -1.36. The van der Waals surface area contributed by atoms with Gasteiger partial charge in [-0.05, 0) is 12.1 Å². The Kier molecular flexibility index (Phi) is 6.02. The number of carbonyl (C=O) groups excluding carboxylic acids is 1. The van der Waals surface area contributed by atoms with Crippen LogP contribution in [0, 0.1) is 11.8 Å². The van der Waals surface area contributed by atoms with Crippen molar-refractivity contribution in [2.45, 2.75) is 13.0 Å². The van der Waals surface area contributed by atoms with Gasteiger partial charge in [0.1, 0.15) is 5.75 Å². The smallest absolute Gasteiger partial charge is 0.235 e. The van der Waals surface area contributed by atoms with E-state index < -0.39 is 21.5 Å². The predicted molar refractivity (Wildman–Crippen MR) is 74.5 cm³/mol. The van der Waals surface area contributed by atoms with Crippen molar-refractivity contribution >= 4 is 27.1 Å². The normalized spacial score (nSPS) is 10.6. The molecule has 0 bridgehead atoms. The number of hydrogen-bond acceptors (Lipinski definition) is 5. The topological polar surface area (TPSA) is 83.5 Å². The summed E-state index contributed by atoms with van der Waals surface area (Å²) in [5.74, 6) is 4.69. The lowest BCUT2D eigenvalue weighted by Gasteiger charge is -2.01. The molecule has 0 spiro atoms. The van der Waals surface area contributed by atoms with E-state index in [-0.39, 0.29) is 6.61 Å². The Morgan fingerprint density at radius 1 is 1.47 bits per heavy atom. The number of hydrogen-bond donors (Lipinski definition) is 2. The molecular weight excluding hydrogens is 286 g/mol. The molecule has 104 valence electrons. The van der Waals surface area contributed by atoms with Gasteiger partial charge in [-0.15, -0.1) is 11.3 Å². The fraction of sp³-hybridized carbons (Fsp3) is 0.417. The van der Waals surface area contributed by atoms with Crippen LogP contribution in [0.1, 0.15) is 16.2 Å². The van der Waals surface area contributed by atoms with Crippen molar-refractivity contribution in [1.82, 2.24) is 5.32 Å². The lowest BCUT2D eigenvalue weighted by atomic mass is 10.4. The van der Waals surface area contributed by atoms with Gasteiger partial charge in [0.25, 0.3) is 0 Å². The second-order valence-electron chi connectivity index (χ2n) is 3.89. The molecule has 1 amide bonds. The van der Waals surface area contributed by atoms with Crippen molar-refractivity contribution in [3.63, 3.8) is 0 Å². The van der Waals surface area contributed by atoms with E-state index in [9.17, 15) is 13.2 Å². The second kappa shape index (κ2) is 7.28. The quantitative estimate of drug-likeness (QED) is 0.758.